The number of hydrogen-bond donors (Lipinski definition) is 1. The van der Waals surface area contributed by atoms with Crippen LogP contribution in [0.3, 0.4) is 0 Å². The topological polar surface area (TPSA) is 60.2 Å². The van der Waals surface area contributed by atoms with Crippen LogP contribution in [0.25, 0.3) is 0 Å². The highest BCUT2D eigenvalue weighted by Crippen LogP contribution is 2.42. The summed E-state index contributed by atoms with van der Waals surface area (Å²) in [6.07, 6.45) is 6.64. The molecule has 1 saturated heterocycles. The summed E-state index contributed by atoms with van der Waals surface area (Å²) in [5.41, 5.74) is -0.266. The van der Waals surface area contributed by atoms with Gasteiger partial charge in [-0.05, 0) is 57.0 Å². The Morgan fingerprint density at radius 2 is 2.30 bits per heavy atom. The zero-order valence-electron chi connectivity index (χ0n) is 12.5. The maximum absolute atomic E-state index is 5.60. The minimum Gasteiger partial charge on any atom is -0.370 e. The Labute approximate surface area is 120 Å². The summed E-state index contributed by atoms with van der Waals surface area (Å²) in [6, 6.07) is 0. The van der Waals surface area contributed by atoms with E-state index in [1.54, 1.807) is 7.11 Å². The molecule has 1 aromatic heterocycles. The molecular formula is C15H25N3O2. The van der Waals surface area contributed by atoms with Crippen molar-refractivity contribution in [1.29, 1.82) is 0 Å². The first-order valence-corrected chi connectivity index (χ1v) is 7.82. The second kappa shape index (κ2) is 5.82. The molecule has 2 unspecified atom stereocenters. The van der Waals surface area contributed by atoms with Crippen molar-refractivity contribution >= 4 is 0 Å². The molecule has 112 valence electrons. The van der Waals surface area contributed by atoms with E-state index in [1.165, 1.54) is 19.3 Å². The van der Waals surface area contributed by atoms with Crippen LogP contribution in [0.4, 0.5) is 0 Å². The molecule has 5 heteroatoms. The van der Waals surface area contributed by atoms with E-state index in [4.69, 9.17) is 9.26 Å². The molecule has 2 aliphatic rings. The van der Waals surface area contributed by atoms with Crippen LogP contribution in [0, 0.1) is 11.8 Å². The van der Waals surface area contributed by atoms with Crippen molar-refractivity contribution in [2.24, 2.45) is 11.8 Å². The quantitative estimate of drug-likeness (QED) is 0.896. The Kier molecular flexibility index (Phi) is 4.08. The van der Waals surface area contributed by atoms with Crippen molar-refractivity contribution in [3.63, 3.8) is 0 Å². The van der Waals surface area contributed by atoms with Gasteiger partial charge in [-0.2, -0.15) is 4.98 Å². The molecule has 0 radical (unpaired) electrons. The summed E-state index contributed by atoms with van der Waals surface area (Å²) < 4.78 is 11.0. The summed E-state index contributed by atoms with van der Waals surface area (Å²) in [7, 11) is 1.74. The lowest BCUT2D eigenvalue weighted by atomic mass is 9.79. The minimum atomic E-state index is -0.266. The van der Waals surface area contributed by atoms with E-state index in [9.17, 15) is 0 Å². The van der Waals surface area contributed by atoms with Gasteiger partial charge in [0.15, 0.2) is 0 Å². The number of ether oxygens (including phenoxy) is 1. The highest BCUT2D eigenvalue weighted by molar-refractivity contribution is 5.06. The summed E-state index contributed by atoms with van der Waals surface area (Å²) in [5, 5.41) is 7.62. The van der Waals surface area contributed by atoms with Crippen molar-refractivity contribution in [2.45, 2.75) is 51.0 Å². The average molecular weight is 279 g/mol. The number of rotatable bonds is 5. The zero-order chi connectivity index (χ0) is 14.0. The molecule has 20 heavy (non-hydrogen) atoms. The molecule has 2 fully saturated rings. The number of hydrogen-bond acceptors (Lipinski definition) is 5. The van der Waals surface area contributed by atoms with Gasteiger partial charge in [0.25, 0.3) is 0 Å². The van der Waals surface area contributed by atoms with E-state index >= 15 is 0 Å². The smallest absolute Gasteiger partial charge is 0.227 e. The third-order valence-electron chi connectivity index (χ3n) is 5.06. The van der Waals surface area contributed by atoms with Crippen molar-refractivity contribution in [3.8, 4) is 0 Å². The third kappa shape index (κ3) is 2.61. The van der Waals surface area contributed by atoms with Crippen molar-refractivity contribution in [1.82, 2.24) is 15.5 Å². The van der Waals surface area contributed by atoms with Gasteiger partial charge in [-0.25, -0.2) is 0 Å². The Morgan fingerprint density at radius 1 is 1.45 bits per heavy atom. The first-order valence-electron chi connectivity index (χ1n) is 7.82. The van der Waals surface area contributed by atoms with Crippen LogP contribution in [0.1, 0.15) is 50.7 Å². The molecule has 0 spiro atoms. The highest BCUT2D eigenvalue weighted by Gasteiger charge is 2.43. The zero-order valence-corrected chi connectivity index (χ0v) is 12.5. The minimum absolute atomic E-state index is 0.266. The van der Waals surface area contributed by atoms with Crippen LogP contribution in [0.15, 0.2) is 4.52 Å². The monoisotopic (exact) mass is 279 g/mol. The summed E-state index contributed by atoms with van der Waals surface area (Å²) >= 11 is 0. The first kappa shape index (κ1) is 14.0. The van der Waals surface area contributed by atoms with Gasteiger partial charge in [0.05, 0.1) is 0 Å². The van der Waals surface area contributed by atoms with Gasteiger partial charge < -0.3 is 14.6 Å². The Hall–Kier alpha value is -0.940. The predicted octanol–water partition coefficient (Wildman–Crippen LogP) is 2.27. The average Bonchev–Trinajstić information content (AvgIpc) is 2.88. The molecule has 3 rings (SSSR count). The van der Waals surface area contributed by atoms with Crippen molar-refractivity contribution in [2.75, 3.05) is 20.2 Å². The number of methoxy groups -OCH3 is 1. The number of piperidine rings is 1. The van der Waals surface area contributed by atoms with Gasteiger partial charge in [0, 0.05) is 13.5 Å². The van der Waals surface area contributed by atoms with Gasteiger partial charge in [-0.1, -0.05) is 12.1 Å². The molecule has 0 amide bonds. The Morgan fingerprint density at radius 3 is 2.90 bits per heavy atom. The second-order valence-corrected chi connectivity index (χ2v) is 6.35. The fourth-order valence-electron chi connectivity index (χ4n) is 3.35. The normalized spacial score (nSPS) is 27.0. The Balaban J connectivity index is 1.62. The standard InChI is InChI=1S/C15H25N3O2/c1-11(12-5-3-8-16-10-12)9-13-17-14(18-20-13)15(19-2)6-4-7-15/h11-12,16H,3-10H2,1-2H3. The lowest BCUT2D eigenvalue weighted by Gasteiger charge is -2.37. The Bertz CT molecular complexity index is 431. The second-order valence-electron chi connectivity index (χ2n) is 6.35. The van der Waals surface area contributed by atoms with Crippen LogP contribution < -0.4 is 5.32 Å². The van der Waals surface area contributed by atoms with E-state index in [2.05, 4.69) is 22.4 Å². The van der Waals surface area contributed by atoms with Crippen molar-refractivity contribution in [3.05, 3.63) is 11.7 Å². The van der Waals surface area contributed by atoms with Crippen LogP contribution >= 0.6 is 0 Å². The molecule has 5 nitrogen and oxygen atoms in total. The van der Waals surface area contributed by atoms with E-state index in [0.717, 1.165) is 50.0 Å². The first-order chi connectivity index (χ1) is 9.73. The summed E-state index contributed by atoms with van der Waals surface area (Å²) in [4.78, 5) is 4.59. The fourth-order valence-corrected chi connectivity index (χ4v) is 3.35. The number of nitrogens with one attached hydrogen (secondary N) is 1. The van der Waals surface area contributed by atoms with E-state index in [0.29, 0.717) is 5.92 Å². The van der Waals surface area contributed by atoms with Gasteiger partial charge in [0.1, 0.15) is 5.60 Å². The summed E-state index contributed by atoms with van der Waals surface area (Å²) in [6.45, 7) is 4.56. The molecule has 1 saturated carbocycles. The van der Waals surface area contributed by atoms with E-state index in [-0.39, 0.29) is 5.60 Å². The SMILES string of the molecule is COC1(c2noc(CC(C)C3CCCNC3)n2)CCC1. The molecule has 1 aromatic rings. The van der Waals surface area contributed by atoms with E-state index in [1.807, 2.05) is 0 Å². The van der Waals surface area contributed by atoms with Crippen LogP contribution in [-0.2, 0) is 16.8 Å². The van der Waals surface area contributed by atoms with Gasteiger partial charge >= 0.3 is 0 Å². The van der Waals surface area contributed by atoms with Crippen LogP contribution in [-0.4, -0.2) is 30.3 Å². The maximum atomic E-state index is 5.60. The molecule has 0 bridgehead atoms. The number of aromatic nitrogens is 2. The molecule has 1 N–H and O–H groups in total. The number of nitrogens with zero attached hydrogens (tertiary/aromatic N) is 2. The van der Waals surface area contributed by atoms with Crippen LogP contribution in [0.2, 0.25) is 0 Å². The summed E-state index contributed by atoms with van der Waals surface area (Å²) in [5.74, 6) is 2.81. The molecule has 1 aliphatic carbocycles. The molecule has 0 aromatic carbocycles. The lowest BCUT2D eigenvalue weighted by molar-refractivity contribution is -0.0858. The van der Waals surface area contributed by atoms with Crippen LogP contribution in [0.5, 0.6) is 0 Å². The van der Waals surface area contributed by atoms with Gasteiger partial charge in [0.2, 0.25) is 11.7 Å². The predicted molar refractivity (Wildman–Crippen MR) is 75.3 cm³/mol. The molecule has 2 atom stereocenters. The third-order valence-corrected chi connectivity index (χ3v) is 5.06. The largest absolute Gasteiger partial charge is 0.370 e. The lowest BCUT2D eigenvalue weighted by Crippen LogP contribution is -2.37. The van der Waals surface area contributed by atoms with Gasteiger partial charge in [-0.3, -0.25) is 0 Å². The highest BCUT2D eigenvalue weighted by atomic mass is 16.5. The fraction of sp³-hybridized carbons (Fsp3) is 0.867. The maximum Gasteiger partial charge on any atom is 0.227 e. The molecular weight excluding hydrogens is 254 g/mol. The van der Waals surface area contributed by atoms with Gasteiger partial charge in [-0.15, -0.1) is 0 Å². The van der Waals surface area contributed by atoms with E-state index < -0.39 is 0 Å². The molecule has 2 heterocycles. The molecule has 1 aliphatic heterocycles. The van der Waals surface area contributed by atoms with Crippen molar-refractivity contribution < 1.29 is 9.26 Å².